The number of imidazole rings is 1. The highest BCUT2D eigenvalue weighted by molar-refractivity contribution is 6.76. The van der Waals surface area contributed by atoms with Crippen molar-refractivity contribution < 1.29 is 9.53 Å². The maximum atomic E-state index is 14.1. The van der Waals surface area contributed by atoms with Gasteiger partial charge in [0.25, 0.3) is 0 Å². The molecule has 0 saturated heterocycles. The van der Waals surface area contributed by atoms with Crippen molar-refractivity contribution in [3.05, 3.63) is 113 Å². The third-order valence-electron chi connectivity index (χ3n) is 6.69. The molecule has 0 aliphatic carbocycles. The molecule has 0 aliphatic rings. The summed E-state index contributed by atoms with van der Waals surface area (Å²) in [5.74, 6) is 0.234. The predicted octanol–water partition coefficient (Wildman–Crippen LogP) is 7.09. The van der Waals surface area contributed by atoms with Crippen LogP contribution in [0.25, 0.3) is 10.9 Å². The predicted molar refractivity (Wildman–Crippen MR) is 164 cm³/mol. The van der Waals surface area contributed by atoms with Gasteiger partial charge in [-0.05, 0) is 41.9 Å². The van der Waals surface area contributed by atoms with Gasteiger partial charge in [0.1, 0.15) is 6.73 Å². The molecule has 40 heavy (non-hydrogen) atoms. The summed E-state index contributed by atoms with van der Waals surface area (Å²) in [5.41, 5.74) is 4.35. The highest BCUT2D eigenvalue weighted by Crippen LogP contribution is 2.25. The van der Waals surface area contributed by atoms with Gasteiger partial charge in [-0.3, -0.25) is 9.78 Å². The van der Waals surface area contributed by atoms with Crippen molar-refractivity contribution in [2.75, 3.05) is 11.9 Å². The smallest absolute Gasteiger partial charge is 0.230 e. The molecule has 7 nitrogen and oxygen atoms in total. The first kappa shape index (κ1) is 27.8. The first-order valence-electron chi connectivity index (χ1n) is 13.4. The molecule has 0 aliphatic heterocycles. The van der Waals surface area contributed by atoms with Crippen molar-refractivity contribution in [2.45, 2.75) is 45.5 Å². The average molecular weight is 572 g/mol. The summed E-state index contributed by atoms with van der Waals surface area (Å²) in [6.07, 6.45) is 7.33. The van der Waals surface area contributed by atoms with Gasteiger partial charge in [0.05, 0.1) is 23.5 Å². The number of halogens is 1. The number of aromatic nitrogens is 4. The Morgan fingerprint density at radius 1 is 1.00 bits per heavy atom. The number of para-hydroxylation sites is 1. The molecular formula is C31H34ClN5O2Si. The molecule has 0 amide bonds. The highest BCUT2D eigenvalue weighted by Gasteiger charge is 2.23. The first-order chi connectivity index (χ1) is 19.3. The molecule has 3 aromatic heterocycles. The number of carbonyl (C=O) groups excluding carboxylic acids is 1. The van der Waals surface area contributed by atoms with E-state index < -0.39 is 8.07 Å². The van der Waals surface area contributed by atoms with E-state index in [-0.39, 0.29) is 12.5 Å². The molecule has 9 heteroatoms. The number of nitrogens with zero attached hydrogens (tertiary/aromatic N) is 4. The highest BCUT2D eigenvalue weighted by atomic mass is 35.5. The minimum absolute atomic E-state index is 0.132. The van der Waals surface area contributed by atoms with Crippen LogP contribution in [0.4, 0.5) is 5.69 Å². The summed E-state index contributed by atoms with van der Waals surface area (Å²) in [6, 6.07) is 20.6. The van der Waals surface area contributed by atoms with Crippen molar-refractivity contribution in [3.63, 3.8) is 0 Å². The lowest BCUT2D eigenvalue weighted by Gasteiger charge is -2.15. The van der Waals surface area contributed by atoms with E-state index in [1.165, 1.54) is 0 Å². The van der Waals surface area contributed by atoms with Gasteiger partial charge in [0.15, 0.2) is 5.82 Å². The molecule has 206 valence electrons. The van der Waals surface area contributed by atoms with Crippen LogP contribution < -0.4 is 5.32 Å². The third kappa shape index (κ3) is 6.88. The van der Waals surface area contributed by atoms with Gasteiger partial charge in [-0.25, -0.2) is 4.98 Å². The quantitative estimate of drug-likeness (QED) is 0.0983. The molecule has 5 aromatic rings. The number of rotatable bonds is 12. The zero-order valence-corrected chi connectivity index (χ0v) is 24.9. The molecule has 0 spiro atoms. The molecule has 0 atom stereocenters. The number of anilines is 1. The Bertz CT molecular complexity index is 1590. The maximum absolute atomic E-state index is 14.1. The van der Waals surface area contributed by atoms with Crippen LogP contribution in [0.5, 0.6) is 0 Å². The zero-order valence-electron chi connectivity index (χ0n) is 23.1. The number of hydrogen-bond acceptors (Lipinski definition) is 5. The molecule has 2 aromatic carbocycles. The van der Waals surface area contributed by atoms with Gasteiger partial charge in [-0.2, -0.15) is 0 Å². The minimum Gasteiger partial charge on any atom is -0.378 e. The Balaban J connectivity index is 1.44. The number of ether oxygens (including phenoxy) is 1. The second-order valence-corrected chi connectivity index (χ2v) is 17.2. The van der Waals surface area contributed by atoms with E-state index in [0.717, 1.165) is 33.9 Å². The van der Waals surface area contributed by atoms with Crippen molar-refractivity contribution in [2.24, 2.45) is 0 Å². The fourth-order valence-electron chi connectivity index (χ4n) is 4.50. The van der Waals surface area contributed by atoms with E-state index in [2.05, 4.69) is 34.5 Å². The Hall–Kier alpha value is -3.72. The number of ketones is 1. The molecular weight excluding hydrogens is 538 g/mol. The van der Waals surface area contributed by atoms with Crippen molar-refractivity contribution in [1.82, 2.24) is 19.1 Å². The summed E-state index contributed by atoms with van der Waals surface area (Å²) in [4.78, 5) is 23.0. The lowest BCUT2D eigenvalue weighted by Crippen LogP contribution is -2.22. The number of benzene rings is 2. The number of fused-ring (bicyclic) bond motifs is 1. The van der Waals surface area contributed by atoms with Crippen LogP contribution in [-0.2, 0) is 24.6 Å². The number of nitrogens with one attached hydrogen (secondary N) is 1. The van der Waals surface area contributed by atoms with Crippen molar-refractivity contribution in [3.8, 4) is 0 Å². The molecule has 0 bridgehead atoms. The lowest BCUT2D eigenvalue weighted by atomic mass is 10.1. The van der Waals surface area contributed by atoms with Gasteiger partial charge in [0.2, 0.25) is 5.78 Å². The molecule has 0 unspecified atom stereocenters. The second kappa shape index (κ2) is 12.2. The molecule has 0 saturated carbocycles. The Morgan fingerprint density at radius 2 is 1.80 bits per heavy atom. The molecule has 1 N–H and O–H groups in total. The van der Waals surface area contributed by atoms with Gasteiger partial charge in [-0.15, -0.1) is 0 Å². The van der Waals surface area contributed by atoms with E-state index in [1.54, 1.807) is 12.4 Å². The second-order valence-electron chi connectivity index (χ2n) is 11.1. The third-order valence-corrected chi connectivity index (χ3v) is 8.65. The van der Waals surface area contributed by atoms with E-state index in [9.17, 15) is 4.79 Å². The van der Waals surface area contributed by atoms with Crippen LogP contribution in [0.1, 0.15) is 27.4 Å². The Kier molecular flexibility index (Phi) is 8.49. The summed E-state index contributed by atoms with van der Waals surface area (Å²) in [6.45, 7) is 8.99. The summed E-state index contributed by atoms with van der Waals surface area (Å²) >= 11 is 6.09. The molecule has 5 rings (SSSR count). The largest absolute Gasteiger partial charge is 0.378 e. The normalized spacial score (nSPS) is 11.7. The van der Waals surface area contributed by atoms with Crippen LogP contribution in [0.2, 0.25) is 30.7 Å². The average Bonchev–Trinajstić information content (AvgIpc) is 3.52. The van der Waals surface area contributed by atoms with Crippen LogP contribution >= 0.6 is 11.6 Å². The summed E-state index contributed by atoms with van der Waals surface area (Å²) in [5, 5.41) is 4.93. The van der Waals surface area contributed by atoms with E-state index in [4.69, 9.17) is 21.3 Å². The summed E-state index contributed by atoms with van der Waals surface area (Å²) in [7, 11) is -1.23. The van der Waals surface area contributed by atoms with Crippen LogP contribution in [0.15, 0.2) is 85.5 Å². The number of hydrogen-bond donors (Lipinski definition) is 1. The standard InChI is InChI=1S/C31H34ClN5O2Si/c1-40(2,3)16-15-39-22-37-20-26(18-34-25-7-6-14-33-17-25)35-31(37)30(38)28-21-36(29-9-5-4-8-27(28)29)19-23-10-12-24(32)13-11-23/h4-14,17,20-21,34H,15-16,18-19,22H2,1-3H3. The first-order valence-corrected chi connectivity index (χ1v) is 17.5. The van der Waals surface area contributed by atoms with Gasteiger partial charge < -0.3 is 19.2 Å². The molecule has 3 heterocycles. The Morgan fingerprint density at radius 3 is 2.55 bits per heavy atom. The monoisotopic (exact) mass is 571 g/mol. The van der Waals surface area contributed by atoms with E-state index >= 15 is 0 Å². The van der Waals surface area contributed by atoms with Crippen LogP contribution in [-0.4, -0.2) is 39.6 Å². The van der Waals surface area contributed by atoms with Crippen LogP contribution in [0, 0.1) is 0 Å². The van der Waals surface area contributed by atoms with Crippen molar-refractivity contribution >= 4 is 42.0 Å². The minimum atomic E-state index is -1.23. The molecule has 0 radical (unpaired) electrons. The SMILES string of the molecule is C[Si](C)(C)CCOCn1cc(CNc2cccnc2)nc1C(=O)c1cn(Cc2ccc(Cl)cc2)c2ccccc12. The van der Waals surface area contributed by atoms with E-state index in [0.29, 0.717) is 36.1 Å². The zero-order chi connectivity index (χ0) is 28.1. The molecule has 0 fully saturated rings. The van der Waals surface area contributed by atoms with Gasteiger partial charge >= 0.3 is 0 Å². The topological polar surface area (TPSA) is 74.0 Å². The van der Waals surface area contributed by atoms with Gasteiger partial charge in [-0.1, -0.05) is 61.6 Å². The fourth-order valence-corrected chi connectivity index (χ4v) is 5.38. The number of carbonyl (C=O) groups is 1. The van der Waals surface area contributed by atoms with Crippen molar-refractivity contribution in [1.29, 1.82) is 0 Å². The lowest BCUT2D eigenvalue weighted by molar-refractivity contribution is 0.0812. The Labute approximate surface area is 240 Å². The van der Waals surface area contributed by atoms with Crippen LogP contribution in [0.3, 0.4) is 0 Å². The fraction of sp³-hybridized carbons (Fsp3) is 0.258. The van der Waals surface area contributed by atoms with E-state index in [1.807, 2.05) is 77.6 Å². The maximum Gasteiger partial charge on any atom is 0.230 e. The van der Waals surface area contributed by atoms with Gasteiger partial charge in [0, 0.05) is 61.9 Å². The number of pyridine rings is 1. The summed E-state index contributed by atoms with van der Waals surface area (Å²) < 4.78 is 9.98.